The third-order valence-corrected chi connectivity index (χ3v) is 4.20. The van der Waals surface area contributed by atoms with E-state index in [1.54, 1.807) is 12.4 Å². The summed E-state index contributed by atoms with van der Waals surface area (Å²) in [7, 11) is 0. The highest BCUT2D eigenvalue weighted by molar-refractivity contribution is 6.03. The average Bonchev–Trinajstić information content (AvgIpc) is 2.61. The maximum Gasteiger partial charge on any atom is 0.232 e. The van der Waals surface area contributed by atoms with E-state index >= 15 is 0 Å². The number of para-hydroxylation sites is 1. The number of rotatable bonds is 2. The number of anilines is 1. The highest BCUT2D eigenvalue weighted by atomic mass is 16.5. The van der Waals surface area contributed by atoms with E-state index in [1.165, 1.54) is 0 Å². The molecule has 0 saturated heterocycles. The molecule has 0 bridgehead atoms. The third kappa shape index (κ3) is 2.52. The molecule has 0 saturated carbocycles. The Labute approximate surface area is 134 Å². The van der Waals surface area contributed by atoms with Crippen molar-refractivity contribution in [1.29, 1.82) is 0 Å². The van der Waals surface area contributed by atoms with Gasteiger partial charge in [0.25, 0.3) is 0 Å². The molecule has 23 heavy (non-hydrogen) atoms. The number of hydrogen-bond donors (Lipinski definition) is 1. The normalized spacial score (nSPS) is 16.4. The molecule has 0 radical (unpaired) electrons. The van der Waals surface area contributed by atoms with Gasteiger partial charge in [0, 0.05) is 22.5 Å². The van der Waals surface area contributed by atoms with Gasteiger partial charge in [-0.05, 0) is 12.5 Å². The number of carbonyl (C=O) groups is 1. The fraction of sp³-hybridized carbons (Fsp3) is 0.158. The summed E-state index contributed by atoms with van der Waals surface area (Å²) in [5, 5.41) is 5.05. The molecule has 1 atom stereocenters. The fourth-order valence-corrected chi connectivity index (χ4v) is 3.05. The lowest BCUT2D eigenvalue weighted by atomic mass is 9.92. The first kappa shape index (κ1) is 13.8. The summed E-state index contributed by atoms with van der Waals surface area (Å²) in [6, 6.07) is 15.6. The van der Waals surface area contributed by atoms with Crippen molar-refractivity contribution in [2.45, 2.75) is 12.3 Å². The molecule has 114 valence electrons. The van der Waals surface area contributed by atoms with E-state index in [0.717, 1.165) is 27.8 Å². The fourth-order valence-electron chi connectivity index (χ4n) is 3.05. The van der Waals surface area contributed by atoms with Crippen molar-refractivity contribution in [2.75, 3.05) is 11.9 Å². The van der Waals surface area contributed by atoms with Crippen LogP contribution in [0.15, 0.2) is 60.9 Å². The van der Waals surface area contributed by atoms with Gasteiger partial charge in [0.1, 0.15) is 5.75 Å². The van der Waals surface area contributed by atoms with Crippen molar-refractivity contribution < 1.29 is 9.53 Å². The van der Waals surface area contributed by atoms with Crippen LogP contribution in [0.25, 0.3) is 10.8 Å². The van der Waals surface area contributed by atoms with Gasteiger partial charge in [-0.2, -0.15) is 0 Å². The quantitative estimate of drug-likeness (QED) is 0.784. The maximum absolute atomic E-state index is 12.8. The zero-order chi connectivity index (χ0) is 15.6. The van der Waals surface area contributed by atoms with Crippen molar-refractivity contribution in [2.24, 2.45) is 0 Å². The maximum atomic E-state index is 12.8. The minimum absolute atomic E-state index is 0.0149. The van der Waals surface area contributed by atoms with Gasteiger partial charge in [0.2, 0.25) is 5.91 Å². The average molecular weight is 304 g/mol. The number of pyridine rings is 1. The second-order valence-corrected chi connectivity index (χ2v) is 5.62. The lowest BCUT2D eigenvalue weighted by molar-refractivity contribution is -0.118. The number of amides is 1. The summed E-state index contributed by atoms with van der Waals surface area (Å²) in [6.07, 6.45) is 4.18. The van der Waals surface area contributed by atoms with Crippen molar-refractivity contribution in [3.8, 4) is 5.75 Å². The molecular formula is C19H16N2O2. The lowest BCUT2D eigenvalue weighted by Gasteiger charge is -2.25. The van der Waals surface area contributed by atoms with Crippen LogP contribution in [0.3, 0.4) is 0 Å². The molecule has 1 amide bonds. The first-order chi connectivity index (χ1) is 11.3. The van der Waals surface area contributed by atoms with Crippen LogP contribution in [-0.4, -0.2) is 17.5 Å². The van der Waals surface area contributed by atoms with Crippen LogP contribution in [-0.2, 0) is 4.79 Å². The van der Waals surface area contributed by atoms with Crippen LogP contribution in [0, 0.1) is 0 Å². The van der Waals surface area contributed by atoms with Gasteiger partial charge in [-0.15, -0.1) is 0 Å². The standard InChI is InChI=1S/C19H16N2O2/c22-19(16-9-10-23-18-8-4-3-7-15(16)18)21-17-12-20-11-13-5-1-2-6-14(13)17/h1-8,11-12,16H,9-10H2,(H,21,22). The minimum Gasteiger partial charge on any atom is -0.493 e. The largest absolute Gasteiger partial charge is 0.493 e. The molecule has 0 spiro atoms. The Morgan fingerprint density at radius 3 is 2.87 bits per heavy atom. The van der Waals surface area contributed by atoms with Crippen LogP contribution in [0.4, 0.5) is 5.69 Å². The van der Waals surface area contributed by atoms with E-state index in [2.05, 4.69) is 10.3 Å². The van der Waals surface area contributed by atoms with Crippen LogP contribution < -0.4 is 10.1 Å². The molecule has 1 unspecified atom stereocenters. The number of hydrogen-bond acceptors (Lipinski definition) is 3. The van der Waals surface area contributed by atoms with Gasteiger partial charge in [-0.3, -0.25) is 9.78 Å². The zero-order valence-electron chi connectivity index (χ0n) is 12.5. The Bertz CT molecular complexity index is 871. The van der Waals surface area contributed by atoms with Crippen LogP contribution >= 0.6 is 0 Å². The number of benzene rings is 2. The van der Waals surface area contributed by atoms with Crippen molar-refractivity contribution in [1.82, 2.24) is 4.98 Å². The first-order valence-corrected chi connectivity index (χ1v) is 7.68. The zero-order valence-corrected chi connectivity index (χ0v) is 12.5. The Hall–Kier alpha value is -2.88. The Morgan fingerprint density at radius 1 is 1.09 bits per heavy atom. The summed E-state index contributed by atoms with van der Waals surface area (Å²) >= 11 is 0. The van der Waals surface area contributed by atoms with Gasteiger partial charge in [0.05, 0.1) is 24.4 Å². The highest BCUT2D eigenvalue weighted by Gasteiger charge is 2.27. The van der Waals surface area contributed by atoms with Gasteiger partial charge >= 0.3 is 0 Å². The molecule has 3 aromatic rings. The van der Waals surface area contributed by atoms with Gasteiger partial charge in [-0.25, -0.2) is 0 Å². The Morgan fingerprint density at radius 2 is 1.91 bits per heavy atom. The van der Waals surface area contributed by atoms with E-state index < -0.39 is 0 Å². The number of nitrogens with zero attached hydrogens (tertiary/aromatic N) is 1. The van der Waals surface area contributed by atoms with Gasteiger partial charge in [-0.1, -0.05) is 42.5 Å². The molecule has 0 fully saturated rings. The number of fused-ring (bicyclic) bond motifs is 2. The van der Waals surface area contributed by atoms with Crippen molar-refractivity contribution in [3.63, 3.8) is 0 Å². The van der Waals surface area contributed by atoms with Crippen molar-refractivity contribution >= 4 is 22.4 Å². The second-order valence-electron chi connectivity index (χ2n) is 5.62. The van der Waals surface area contributed by atoms with E-state index in [-0.39, 0.29) is 11.8 Å². The molecule has 2 heterocycles. The molecular weight excluding hydrogens is 288 g/mol. The first-order valence-electron chi connectivity index (χ1n) is 7.68. The smallest absolute Gasteiger partial charge is 0.232 e. The number of ether oxygens (including phenoxy) is 1. The predicted molar refractivity (Wildman–Crippen MR) is 89.7 cm³/mol. The predicted octanol–water partition coefficient (Wildman–Crippen LogP) is 3.74. The molecule has 1 aliphatic rings. The summed E-state index contributed by atoms with van der Waals surface area (Å²) in [6.45, 7) is 0.558. The lowest BCUT2D eigenvalue weighted by Crippen LogP contribution is -2.26. The Balaban J connectivity index is 1.66. The highest BCUT2D eigenvalue weighted by Crippen LogP contribution is 2.34. The molecule has 1 aromatic heterocycles. The van der Waals surface area contributed by atoms with E-state index in [4.69, 9.17) is 4.74 Å². The minimum atomic E-state index is -0.195. The van der Waals surface area contributed by atoms with Gasteiger partial charge < -0.3 is 10.1 Å². The van der Waals surface area contributed by atoms with E-state index in [0.29, 0.717) is 13.0 Å². The Kier molecular flexibility index (Phi) is 3.42. The second kappa shape index (κ2) is 5.72. The summed E-state index contributed by atoms with van der Waals surface area (Å²) in [5.41, 5.74) is 1.70. The van der Waals surface area contributed by atoms with E-state index in [1.807, 2.05) is 48.5 Å². The monoisotopic (exact) mass is 304 g/mol. The van der Waals surface area contributed by atoms with E-state index in [9.17, 15) is 4.79 Å². The number of nitrogens with one attached hydrogen (secondary N) is 1. The summed E-state index contributed by atoms with van der Waals surface area (Å²) < 4.78 is 5.63. The molecule has 1 aliphatic heterocycles. The molecule has 4 rings (SSSR count). The number of carbonyl (C=O) groups excluding carboxylic acids is 1. The summed E-state index contributed by atoms with van der Waals surface area (Å²) in [5.74, 6) is 0.591. The molecule has 4 heteroatoms. The van der Waals surface area contributed by atoms with Crippen LogP contribution in [0.1, 0.15) is 17.9 Å². The third-order valence-electron chi connectivity index (χ3n) is 4.20. The molecule has 2 aromatic carbocycles. The SMILES string of the molecule is O=C(Nc1cncc2ccccc12)C1CCOc2ccccc21. The topological polar surface area (TPSA) is 51.2 Å². The van der Waals surface area contributed by atoms with Gasteiger partial charge in [0.15, 0.2) is 0 Å². The molecule has 4 nitrogen and oxygen atoms in total. The summed E-state index contributed by atoms with van der Waals surface area (Å²) in [4.78, 5) is 17.0. The van der Waals surface area contributed by atoms with Crippen LogP contribution in [0.2, 0.25) is 0 Å². The molecule has 1 N–H and O–H groups in total. The van der Waals surface area contributed by atoms with Crippen molar-refractivity contribution in [3.05, 3.63) is 66.5 Å². The number of aromatic nitrogens is 1. The van der Waals surface area contributed by atoms with Crippen LogP contribution in [0.5, 0.6) is 5.75 Å². The molecule has 0 aliphatic carbocycles.